The van der Waals surface area contributed by atoms with Crippen LogP contribution in [0.5, 0.6) is 0 Å². The maximum atomic E-state index is 10.8. The molecule has 0 amide bonds. The van der Waals surface area contributed by atoms with E-state index in [1.807, 2.05) is 0 Å². The van der Waals surface area contributed by atoms with Crippen molar-refractivity contribution in [1.29, 1.82) is 0 Å². The summed E-state index contributed by atoms with van der Waals surface area (Å²) in [5, 5.41) is 0. The summed E-state index contributed by atoms with van der Waals surface area (Å²) in [6.07, 6.45) is -2.24. The van der Waals surface area contributed by atoms with Gasteiger partial charge in [0.15, 0.2) is 0 Å². The maximum Gasteiger partial charge on any atom is 0.323 e. The second kappa shape index (κ2) is 2.98. The van der Waals surface area contributed by atoms with Gasteiger partial charge in [-0.2, -0.15) is 0 Å². The molecule has 0 aliphatic carbocycles. The first kappa shape index (κ1) is 5.09. The van der Waals surface area contributed by atoms with Gasteiger partial charge in [-0.25, -0.2) is 0 Å². The molecular weight excluding hydrogens is 132 g/mol. The quantitative estimate of drug-likeness (QED) is 0.489. The predicted molar refractivity (Wildman–Crippen MR) is 36.1 cm³/mol. The third-order valence-corrected chi connectivity index (χ3v) is 1.37. The minimum absolute atomic E-state index is 0.169. The van der Waals surface area contributed by atoms with E-state index in [1.165, 1.54) is 0 Å². The van der Waals surface area contributed by atoms with E-state index in [0.717, 1.165) is 0 Å². The van der Waals surface area contributed by atoms with Crippen molar-refractivity contribution in [3.63, 3.8) is 0 Å². The first-order valence-corrected chi connectivity index (χ1v) is 3.13. The Hall–Kier alpha value is -0.610. The molecule has 0 aromatic heterocycles. The third-order valence-electron chi connectivity index (χ3n) is 1.37. The van der Waals surface area contributed by atoms with Crippen LogP contribution in [0.1, 0.15) is 15.5 Å². The van der Waals surface area contributed by atoms with E-state index in [-0.39, 0.29) is 13.0 Å². The zero-order chi connectivity index (χ0) is 9.35. The minimum Gasteiger partial charge on any atom is -0.461 e. The summed E-state index contributed by atoms with van der Waals surface area (Å²) in [5.41, 5.74) is 10.5. The number of hydrogen-bond donors (Lipinski definition) is 2. The molecule has 1 saturated heterocycles. The third kappa shape index (κ3) is 1.46. The maximum absolute atomic E-state index is 10.8. The van der Waals surface area contributed by atoms with E-state index in [2.05, 4.69) is 0 Å². The number of esters is 1. The molecule has 1 heterocycles. The summed E-state index contributed by atoms with van der Waals surface area (Å²) >= 11 is 0. The van der Waals surface area contributed by atoms with Gasteiger partial charge in [0.2, 0.25) is 0 Å². The molecular formula is C6H12N2O2. The van der Waals surface area contributed by atoms with Crippen LogP contribution in [0.4, 0.5) is 0 Å². The summed E-state index contributed by atoms with van der Waals surface area (Å²) in [5.74, 6) is -0.544. The van der Waals surface area contributed by atoms with Crippen molar-refractivity contribution >= 4 is 5.97 Å². The van der Waals surface area contributed by atoms with Crippen LogP contribution in [-0.2, 0) is 9.53 Å². The highest BCUT2D eigenvalue weighted by Crippen LogP contribution is 2.14. The largest absolute Gasteiger partial charge is 0.461 e. The molecule has 1 aliphatic rings. The van der Waals surface area contributed by atoms with Crippen LogP contribution in [0.25, 0.3) is 0 Å². The molecule has 0 spiro atoms. The van der Waals surface area contributed by atoms with E-state index in [0.29, 0.717) is 0 Å². The van der Waals surface area contributed by atoms with Crippen LogP contribution < -0.4 is 11.5 Å². The van der Waals surface area contributed by atoms with E-state index in [9.17, 15) is 4.79 Å². The van der Waals surface area contributed by atoms with Gasteiger partial charge in [-0.15, -0.1) is 0 Å². The van der Waals surface area contributed by atoms with Crippen molar-refractivity contribution in [3.8, 4) is 0 Å². The van der Waals surface area contributed by atoms with Gasteiger partial charge in [0.1, 0.15) is 12.1 Å². The van der Waals surface area contributed by atoms with E-state index in [4.69, 9.17) is 18.9 Å². The topological polar surface area (TPSA) is 78.3 Å². The fourth-order valence-corrected chi connectivity index (χ4v) is 0.859. The second-order valence-corrected chi connectivity index (χ2v) is 2.18. The average Bonchev–Trinajstić information content (AvgIpc) is 2.33. The molecule has 0 saturated carbocycles. The van der Waals surface area contributed by atoms with Crippen molar-refractivity contribution < 1.29 is 12.3 Å². The Morgan fingerprint density at radius 1 is 1.90 bits per heavy atom. The Kier molecular flexibility index (Phi) is 1.52. The van der Waals surface area contributed by atoms with E-state index in [1.54, 1.807) is 0 Å². The molecule has 0 aromatic carbocycles. The normalized spacial score (nSPS) is 36.8. The minimum atomic E-state index is -1.66. The number of rotatable bonds is 2. The Balaban J connectivity index is 2.62. The molecule has 1 rings (SSSR count). The van der Waals surface area contributed by atoms with Crippen molar-refractivity contribution in [2.24, 2.45) is 11.5 Å². The van der Waals surface area contributed by atoms with Crippen molar-refractivity contribution in [2.45, 2.75) is 24.9 Å². The Morgan fingerprint density at radius 2 is 2.60 bits per heavy atom. The lowest BCUT2D eigenvalue weighted by molar-refractivity contribution is -0.142. The summed E-state index contributed by atoms with van der Waals surface area (Å²) < 4.78 is 19.4. The molecule has 0 radical (unpaired) electrons. The molecule has 4 nitrogen and oxygen atoms in total. The van der Waals surface area contributed by atoms with Crippen molar-refractivity contribution in [3.05, 3.63) is 0 Å². The molecule has 4 N–H and O–H groups in total. The second-order valence-electron chi connectivity index (χ2n) is 2.18. The molecule has 4 heteroatoms. The van der Waals surface area contributed by atoms with Gasteiger partial charge >= 0.3 is 5.97 Å². The fraction of sp³-hybridized carbons (Fsp3) is 0.833. The Labute approximate surface area is 62.3 Å². The average molecular weight is 146 g/mol. The lowest BCUT2D eigenvalue weighted by Gasteiger charge is -2.04. The number of carbonyl (C=O) groups excluding carboxylic acids is 1. The van der Waals surface area contributed by atoms with Crippen molar-refractivity contribution in [1.82, 2.24) is 0 Å². The molecule has 0 aromatic rings. The Bertz CT molecular complexity index is 198. The summed E-state index contributed by atoms with van der Waals surface area (Å²) in [4.78, 5) is 10.8. The highest BCUT2D eigenvalue weighted by atomic mass is 16.6. The molecule has 58 valence electrons. The standard InChI is InChI=1S/C6H12N2O2/c7-2-1-4-3-5(8)6(9)10-4/h4-5H,1-3,7-8H2/i1D2. The van der Waals surface area contributed by atoms with Crippen LogP contribution in [0, 0.1) is 0 Å². The van der Waals surface area contributed by atoms with E-state index < -0.39 is 24.5 Å². The highest BCUT2D eigenvalue weighted by molar-refractivity contribution is 5.77. The molecule has 1 fully saturated rings. The van der Waals surface area contributed by atoms with Gasteiger partial charge in [-0.1, -0.05) is 0 Å². The first-order chi connectivity index (χ1) is 5.47. The number of cyclic esters (lactones) is 1. The SMILES string of the molecule is [2H]C([2H])(CN)C1CC(N)C(=O)O1. The molecule has 10 heavy (non-hydrogen) atoms. The molecule has 0 bridgehead atoms. The lowest BCUT2D eigenvalue weighted by atomic mass is 10.1. The van der Waals surface area contributed by atoms with Gasteiger partial charge in [-0.3, -0.25) is 4.79 Å². The number of hydrogen-bond acceptors (Lipinski definition) is 4. The van der Waals surface area contributed by atoms with E-state index >= 15 is 0 Å². The van der Waals surface area contributed by atoms with Crippen molar-refractivity contribution in [2.75, 3.05) is 6.54 Å². The van der Waals surface area contributed by atoms with Crippen LogP contribution in [0.15, 0.2) is 0 Å². The number of nitrogens with two attached hydrogens (primary N) is 2. The van der Waals surface area contributed by atoms with Crippen LogP contribution in [0.2, 0.25) is 0 Å². The highest BCUT2D eigenvalue weighted by Gasteiger charge is 2.30. The zero-order valence-corrected chi connectivity index (χ0v) is 5.54. The molecule has 1 aliphatic heterocycles. The van der Waals surface area contributed by atoms with Crippen LogP contribution in [0.3, 0.4) is 0 Å². The lowest BCUT2D eigenvalue weighted by Crippen LogP contribution is -2.24. The zero-order valence-electron chi connectivity index (χ0n) is 7.54. The van der Waals surface area contributed by atoms with Gasteiger partial charge < -0.3 is 16.2 Å². The summed E-state index contributed by atoms with van der Waals surface area (Å²) in [6, 6.07) is -0.698. The number of ether oxygens (including phenoxy) is 1. The summed E-state index contributed by atoms with van der Waals surface area (Å²) in [6.45, 7) is -0.169. The van der Waals surface area contributed by atoms with Crippen LogP contribution >= 0.6 is 0 Å². The predicted octanol–water partition coefficient (Wildman–Crippen LogP) is -1.02. The van der Waals surface area contributed by atoms with Gasteiger partial charge in [-0.05, 0) is 12.9 Å². The summed E-state index contributed by atoms with van der Waals surface area (Å²) in [7, 11) is 0. The number of carbonyl (C=O) groups is 1. The first-order valence-electron chi connectivity index (χ1n) is 4.13. The smallest absolute Gasteiger partial charge is 0.323 e. The Morgan fingerprint density at radius 3 is 3.00 bits per heavy atom. The van der Waals surface area contributed by atoms with Gasteiger partial charge in [0, 0.05) is 9.16 Å². The van der Waals surface area contributed by atoms with Crippen LogP contribution in [-0.4, -0.2) is 24.7 Å². The fourth-order valence-electron chi connectivity index (χ4n) is 0.859. The van der Waals surface area contributed by atoms with Gasteiger partial charge in [0.05, 0.1) is 0 Å². The monoisotopic (exact) mass is 146 g/mol. The molecule has 2 atom stereocenters. The molecule has 2 unspecified atom stereocenters. The van der Waals surface area contributed by atoms with Gasteiger partial charge in [0.25, 0.3) is 0 Å².